The van der Waals surface area contributed by atoms with E-state index in [4.69, 9.17) is 9.84 Å². The number of methoxy groups -OCH3 is 1. The molecule has 26 heavy (non-hydrogen) atoms. The average Bonchev–Trinajstić information content (AvgIpc) is 2.65. The van der Waals surface area contributed by atoms with Crippen LogP contribution in [0.15, 0.2) is 42.5 Å². The second kappa shape index (κ2) is 9.23. The smallest absolute Gasteiger partial charge is 0.271 e. The Morgan fingerprint density at radius 2 is 1.88 bits per heavy atom. The predicted molar refractivity (Wildman–Crippen MR) is 98.8 cm³/mol. The SMILES string of the molecule is COc1ccc(NC(=O)CNc2cc([N+](=O)[O-])ccc2NCCO)cc1. The van der Waals surface area contributed by atoms with Crippen LogP contribution in [0.25, 0.3) is 0 Å². The van der Waals surface area contributed by atoms with Gasteiger partial charge in [-0.25, -0.2) is 0 Å². The van der Waals surface area contributed by atoms with Gasteiger partial charge in [0.2, 0.25) is 5.91 Å². The van der Waals surface area contributed by atoms with E-state index in [1.807, 2.05) is 0 Å². The Hall–Kier alpha value is -3.33. The van der Waals surface area contributed by atoms with Gasteiger partial charge in [-0.15, -0.1) is 0 Å². The summed E-state index contributed by atoms with van der Waals surface area (Å²) < 4.78 is 5.05. The Morgan fingerprint density at radius 1 is 1.15 bits per heavy atom. The van der Waals surface area contributed by atoms with Gasteiger partial charge in [-0.2, -0.15) is 0 Å². The number of nitro benzene ring substituents is 1. The number of rotatable bonds is 9. The zero-order valence-electron chi connectivity index (χ0n) is 14.2. The summed E-state index contributed by atoms with van der Waals surface area (Å²) in [7, 11) is 1.55. The molecule has 2 aromatic rings. The number of nitrogens with one attached hydrogen (secondary N) is 3. The van der Waals surface area contributed by atoms with E-state index >= 15 is 0 Å². The van der Waals surface area contributed by atoms with E-state index in [0.29, 0.717) is 22.8 Å². The number of aliphatic hydroxyl groups excluding tert-OH is 1. The lowest BCUT2D eigenvalue weighted by atomic mass is 10.2. The molecule has 0 saturated carbocycles. The monoisotopic (exact) mass is 360 g/mol. The first-order valence-corrected chi connectivity index (χ1v) is 7.84. The summed E-state index contributed by atoms with van der Waals surface area (Å²) in [4.78, 5) is 22.5. The van der Waals surface area contributed by atoms with Crippen LogP contribution < -0.4 is 20.7 Å². The molecule has 2 rings (SSSR count). The standard InChI is InChI=1S/C17H20N4O5/c1-26-14-5-2-12(3-6-14)20-17(23)11-19-16-10-13(21(24)25)4-7-15(16)18-8-9-22/h2-7,10,18-19,22H,8-9,11H2,1H3,(H,20,23). The highest BCUT2D eigenvalue weighted by atomic mass is 16.6. The fourth-order valence-electron chi connectivity index (χ4n) is 2.19. The Bertz CT molecular complexity index is 764. The number of aliphatic hydroxyl groups is 1. The van der Waals surface area contributed by atoms with Gasteiger partial charge in [-0.3, -0.25) is 14.9 Å². The van der Waals surface area contributed by atoms with Crippen molar-refractivity contribution < 1.29 is 19.6 Å². The third-order valence-corrected chi connectivity index (χ3v) is 3.45. The van der Waals surface area contributed by atoms with Gasteiger partial charge in [0.25, 0.3) is 5.69 Å². The van der Waals surface area contributed by atoms with Crippen LogP contribution in [0.5, 0.6) is 5.75 Å². The molecule has 0 aromatic heterocycles. The van der Waals surface area contributed by atoms with E-state index < -0.39 is 4.92 Å². The Kier molecular flexibility index (Phi) is 6.75. The van der Waals surface area contributed by atoms with E-state index in [9.17, 15) is 14.9 Å². The van der Waals surface area contributed by atoms with Gasteiger partial charge in [-0.05, 0) is 30.3 Å². The molecule has 0 atom stereocenters. The van der Waals surface area contributed by atoms with Gasteiger partial charge in [0.1, 0.15) is 5.75 Å². The Labute approximate surface area is 150 Å². The minimum Gasteiger partial charge on any atom is -0.497 e. The van der Waals surface area contributed by atoms with E-state index in [2.05, 4.69) is 16.0 Å². The lowest BCUT2D eigenvalue weighted by molar-refractivity contribution is -0.384. The van der Waals surface area contributed by atoms with Crippen molar-refractivity contribution in [2.24, 2.45) is 0 Å². The van der Waals surface area contributed by atoms with Crippen molar-refractivity contribution in [3.63, 3.8) is 0 Å². The molecule has 2 aromatic carbocycles. The summed E-state index contributed by atoms with van der Waals surface area (Å²) in [5, 5.41) is 28.4. The second-order valence-electron chi connectivity index (χ2n) is 5.27. The second-order valence-corrected chi connectivity index (χ2v) is 5.27. The molecular weight excluding hydrogens is 340 g/mol. The lowest BCUT2D eigenvalue weighted by Gasteiger charge is -2.13. The van der Waals surface area contributed by atoms with Crippen LogP contribution in [0.3, 0.4) is 0 Å². The van der Waals surface area contributed by atoms with Crippen LogP contribution in [0.1, 0.15) is 0 Å². The van der Waals surface area contributed by atoms with E-state index in [1.54, 1.807) is 31.4 Å². The number of hydrogen-bond donors (Lipinski definition) is 4. The molecule has 4 N–H and O–H groups in total. The molecular formula is C17H20N4O5. The molecule has 0 aliphatic heterocycles. The molecule has 0 bridgehead atoms. The Balaban J connectivity index is 2.02. The molecule has 0 fully saturated rings. The van der Waals surface area contributed by atoms with Crippen molar-refractivity contribution in [2.75, 3.05) is 42.8 Å². The molecule has 9 nitrogen and oxygen atoms in total. The Morgan fingerprint density at radius 3 is 2.50 bits per heavy atom. The minimum atomic E-state index is -0.515. The fraction of sp³-hybridized carbons (Fsp3) is 0.235. The first-order valence-electron chi connectivity index (χ1n) is 7.84. The van der Waals surface area contributed by atoms with Crippen LogP contribution in [-0.2, 0) is 4.79 Å². The molecule has 0 spiro atoms. The number of benzene rings is 2. The van der Waals surface area contributed by atoms with Gasteiger partial charge in [-0.1, -0.05) is 0 Å². The number of amides is 1. The summed E-state index contributed by atoms with van der Waals surface area (Å²) in [6, 6.07) is 11.1. The van der Waals surface area contributed by atoms with Gasteiger partial charge in [0.15, 0.2) is 0 Å². The number of nitrogens with zero attached hydrogens (tertiary/aromatic N) is 1. The number of carbonyl (C=O) groups is 1. The highest BCUT2D eigenvalue weighted by Gasteiger charge is 2.12. The molecule has 0 aliphatic carbocycles. The number of anilines is 3. The lowest BCUT2D eigenvalue weighted by Crippen LogP contribution is -2.22. The normalized spacial score (nSPS) is 10.1. The zero-order valence-corrected chi connectivity index (χ0v) is 14.2. The van der Waals surface area contributed by atoms with Crippen LogP contribution >= 0.6 is 0 Å². The maximum Gasteiger partial charge on any atom is 0.271 e. The fourth-order valence-corrected chi connectivity index (χ4v) is 2.19. The molecule has 138 valence electrons. The van der Waals surface area contributed by atoms with Crippen molar-refractivity contribution in [3.05, 3.63) is 52.6 Å². The maximum absolute atomic E-state index is 12.1. The van der Waals surface area contributed by atoms with Crippen molar-refractivity contribution in [2.45, 2.75) is 0 Å². The van der Waals surface area contributed by atoms with Crippen LogP contribution in [0.4, 0.5) is 22.7 Å². The molecule has 0 aliphatic rings. The molecule has 1 amide bonds. The molecule has 0 saturated heterocycles. The number of nitro groups is 1. The van der Waals surface area contributed by atoms with Crippen LogP contribution in [0.2, 0.25) is 0 Å². The third-order valence-electron chi connectivity index (χ3n) is 3.45. The molecule has 0 unspecified atom stereocenters. The summed E-state index contributed by atoms with van der Waals surface area (Å²) >= 11 is 0. The van der Waals surface area contributed by atoms with Crippen LogP contribution in [-0.4, -0.2) is 42.7 Å². The zero-order chi connectivity index (χ0) is 18.9. The van der Waals surface area contributed by atoms with E-state index in [-0.39, 0.29) is 31.3 Å². The highest BCUT2D eigenvalue weighted by Crippen LogP contribution is 2.26. The van der Waals surface area contributed by atoms with Crippen LogP contribution in [0, 0.1) is 10.1 Å². The first kappa shape index (κ1) is 19.0. The average molecular weight is 360 g/mol. The van der Waals surface area contributed by atoms with Crippen molar-refractivity contribution in [1.82, 2.24) is 0 Å². The van der Waals surface area contributed by atoms with Crippen molar-refractivity contribution in [3.8, 4) is 5.75 Å². The van der Waals surface area contributed by atoms with E-state index in [0.717, 1.165) is 0 Å². The van der Waals surface area contributed by atoms with Gasteiger partial charge < -0.3 is 25.8 Å². The van der Waals surface area contributed by atoms with E-state index in [1.165, 1.54) is 18.2 Å². The number of ether oxygens (including phenoxy) is 1. The molecule has 0 heterocycles. The largest absolute Gasteiger partial charge is 0.497 e. The molecule has 9 heteroatoms. The first-order chi connectivity index (χ1) is 12.5. The predicted octanol–water partition coefficient (Wildman–Crippen LogP) is 2.06. The highest BCUT2D eigenvalue weighted by molar-refractivity contribution is 5.94. The third kappa shape index (κ3) is 5.35. The maximum atomic E-state index is 12.1. The summed E-state index contributed by atoms with van der Waals surface area (Å²) in [6.45, 7) is 0.111. The van der Waals surface area contributed by atoms with Crippen molar-refractivity contribution >= 4 is 28.7 Å². The van der Waals surface area contributed by atoms with Gasteiger partial charge >= 0.3 is 0 Å². The summed E-state index contributed by atoms with van der Waals surface area (Å²) in [5.74, 6) is 0.368. The summed E-state index contributed by atoms with van der Waals surface area (Å²) in [6.07, 6.45) is 0. The van der Waals surface area contributed by atoms with Gasteiger partial charge in [0, 0.05) is 24.4 Å². The minimum absolute atomic E-state index is 0.0823. The quantitative estimate of drug-likeness (QED) is 0.398. The number of carbonyl (C=O) groups excluding carboxylic acids is 1. The molecule has 0 radical (unpaired) electrons. The topological polar surface area (TPSA) is 126 Å². The van der Waals surface area contributed by atoms with Gasteiger partial charge in [0.05, 0.1) is 36.6 Å². The number of hydrogen-bond acceptors (Lipinski definition) is 7. The summed E-state index contributed by atoms with van der Waals surface area (Å²) in [5.41, 5.74) is 1.47. The number of non-ortho nitro benzene ring substituents is 1. The van der Waals surface area contributed by atoms with Crippen molar-refractivity contribution in [1.29, 1.82) is 0 Å².